The van der Waals surface area contributed by atoms with Gasteiger partial charge in [-0.25, -0.2) is 4.79 Å². The van der Waals surface area contributed by atoms with Crippen LogP contribution in [-0.4, -0.2) is 73.4 Å². The molecule has 1 rings (SSSR count). The lowest BCUT2D eigenvalue weighted by Crippen LogP contribution is -2.62. The Morgan fingerprint density at radius 1 is 1.53 bits per heavy atom. The van der Waals surface area contributed by atoms with Crippen LogP contribution in [0.2, 0.25) is 0 Å². The molecular weight excluding hydrogens is 196 g/mol. The van der Waals surface area contributed by atoms with E-state index >= 15 is 0 Å². The number of aliphatic carboxylic acids is 1. The smallest absolute Gasteiger partial charge is 0.329 e. The molecule has 15 heavy (non-hydrogen) atoms. The van der Waals surface area contributed by atoms with E-state index in [1.54, 1.807) is 0 Å². The first-order chi connectivity index (χ1) is 6.91. The van der Waals surface area contributed by atoms with Gasteiger partial charge in [-0.05, 0) is 21.0 Å². The summed E-state index contributed by atoms with van der Waals surface area (Å²) in [4.78, 5) is 14.7. The molecule has 5 heteroatoms. The molecule has 0 saturated carbocycles. The largest absolute Gasteiger partial charge is 0.480 e. The molecule has 5 nitrogen and oxygen atoms in total. The number of carbonyl (C=O) groups is 1. The molecule has 0 atom stereocenters. The molecule has 1 aliphatic rings. The number of hydrogen-bond donors (Lipinski definition) is 1. The van der Waals surface area contributed by atoms with E-state index in [-0.39, 0.29) is 12.2 Å². The first kappa shape index (κ1) is 12.4. The van der Waals surface area contributed by atoms with Crippen LogP contribution in [0.15, 0.2) is 0 Å². The molecule has 0 unspecified atom stereocenters. The molecule has 1 N–H and O–H groups in total. The van der Waals surface area contributed by atoms with E-state index in [1.807, 2.05) is 21.0 Å². The number of carboxylic acids is 1. The lowest BCUT2D eigenvalue weighted by Gasteiger charge is -2.47. The van der Waals surface area contributed by atoms with Crippen molar-refractivity contribution in [2.24, 2.45) is 0 Å². The van der Waals surface area contributed by atoms with Crippen LogP contribution in [0, 0.1) is 0 Å². The second kappa shape index (κ2) is 4.92. The number of ether oxygens (including phenoxy) is 1. The second-order valence-electron chi connectivity index (χ2n) is 4.65. The van der Waals surface area contributed by atoms with E-state index in [4.69, 9.17) is 9.84 Å². The maximum atomic E-state index is 10.3. The van der Waals surface area contributed by atoms with E-state index < -0.39 is 5.97 Å². The zero-order valence-electron chi connectivity index (χ0n) is 9.69. The Labute approximate surface area is 90.6 Å². The van der Waals surface area contributed by atoms with Crippen molar-refractivity contribution in [3.63, 3.8) is 0 Å². The van der Waals surface area contributed by atoms with Crippen molar-refractivity contribution >= 4 is 5.97 Å². The predicted molar refractivity (Wildman–Crippen MR) is 57.0 cm³/mol. The van der Waals surface area contributed by atoms with Crippen molar-refractivity contribution in [1.29, 1.82) is 0 Å². The number of likely N-dealkylation sites (tertiary alicyclic amines) is 1. The normalized spacial score (nSPS) is 20.3. The van der Waals surface area contributed by atoms with E-state index in [2.05, 4.69) is 9.80 Å². The van der Waals surface area contributed by atoms with E-state index in [0.717, 1.165) is 26.2 Å². The summed E-state index contributed by atoms with van der Waals surface area (Å²) < 4.78 is 5.31. The molecule has 1 fully saturated rings. The summed E-state index contributed by atoms with van der Waals surface area (Å²) in [5.74, 6) is -0.900. The fourth-order valence-corrected chi connectivity index (χ4v) is 1.73. The molecule has 0 amide bonds. The summed E-state index contributed by atoms with van der Waals surface area (Å²) in [7, 11) is 4.08. The number of nitrogens with zero attached hydrogens (tertiary/aromatic N) is 2. The SMILES string of the molecule is CN(C)CCN1CC(C)(OCC(=O)O)C1. The minimum Gasteiger partial charge on any atom is -0.480 e. The molecule has 0 aliphatic carbocycles. The van der Waals surface area contributed by atoms with Gasteiger partial charge in [-0.15, -0.1) is 0 Å². The Morgan fingerprint density at radius 3 is 2.60 bits per heavy atom. The van der Waals surface area contributed by atoms with Crippen molar-refractivity contribution in [1.82, 2.24) is 9.80 Å². The Morgan fingerprint density at radius 2 is 2.13 bits per heavy atom. The van der Waals surface area contributed by atoms with Gasteiger partial charge >= 0.3 is 5.97 Å². The maximum absolute atomic E-state index is 10.3. The third kappa shape index (κ3) is 4.15. The monoisotopic (exact) mass is 216 g/mol. The molecule has 1 heterocycles. The Hall–Kier alpha value is -0.650. The predicted octanol–water partition coefficient (Wildman–Crippen LogP) is -0.276. The molecular formula is C10H20N2O3. The number of hydrogen-bond acceptors (Lipinski definition) is 4. The number of carboxylic acid groups (broad SMARTS) is 1. The van der Waals surface area contributed by atoms with Crippen LogP contribution in [0.3, 0.4) is 0 Å². The van der Waals surface area contributed by atoms with Crippen molar-refractivity contribution in [3.05, 3.63) is 0 Å². The van der Waals surface area contributed by atoms with Crippen molar-refractivity contribution in [3.8, 4) is 0 Å². The highest BCUT2D eigenvalue weighted by atomic mass is 16.5. The average Bonchev–Trinajstić information content (AvgIpc) is 2.07. The van der Waals surface area contributed by atoms with Crippen molar-refractivity contribution in [2.45, 2.75) is 12.5 Å². The van der Waals surface area contributed by atoms with Crippen molar-refractivity contribution < 1.29 is 14.6 Å². The quantitative estimate of drug-likeness (QED) is 0.662. The molecule has 0 radical (unpaired) electrons. The maximum Gasteiger partial charge on any atom is 0.329 e. The van der Waals surface area contributed by atoms with Gasteiger partial charge in [0.25, 0.3) is 0 Å². The molecule has 1 aliphatic heterocycles. The van der Waals surface area contributed by atoms with Gasteiger partial charge in [0.2, 0.25) is 0 Å². The van der Waals surface area contributed by atoms with Gasteiger partial charge in [-0.2, -0.15) is 0 Å². The Kier molecular flexibility index (Phi) is 4.07. The zero-order chi connectivity index (χ0) is 11.5. The fourth-order valence-electron chi connectivity index (χ4n) is 1.73. The van der Waals surface area contributed by atoms with E-state index in [1.165, 1.54) is 0 Å². The molecule has 0 aromatic rings. The highest BCUT2D eigenvalue weighted by molar-refractivity contribution is 5.68. The Bertz CT molecular complexity index is 225. The van der Waals surface area contributed by atoms with Crippen LogP contribution in [0.5, 0.6) is 0 Å². The van der Waals surface area contributed by atoms with E-state index in [9.17, 15) is 4.79 Å². The third-order valence-electron chi connectivity index (χ3n) is 2.52. The fraction of sp³-hybridized carbons (Fsp3) is 0.900. The van der Waals surface area contributed by atoms with Gasteiger partial charge in [0, 0.05) is 26.2 Å². The highest BCUT2D eigenvalue weighted by Crippen LogP contribution is 2.23. The van der Waals surface area contributed by atoms with Gasteiger partial charge in [0.15, 0.2) is 0 Å². The Balaban J connectivity index is 2.14. The van der Waals surface area contributed by atoms with Gasteiger partial charge in [0.1, 0.15) is 6.61 Å². The topological polar surface area (TPSA) is 53.0 Å². The minimum absolute atomic E-state index is 0.196. The lowest BCUT2D eigenvalue weighted by molar-refractivity contribution is -0.164. The summed E-state index contributed by atoms with van der Waals surface area (Å²) in [6.07, 6.45) is 0. The summed E-state index contributed by atoms with van der Waals surface area (Å²) in [6, 6.07) is 0. The van der Waals surface area contributed by atoms with Gasteiger partial charge < -0.3 is 14.7 Å². The standard InChI is InChI=1S/C10H20N2O3/c1-10(15-6-9(13)14)7-12(8-10)5-4-11(2)3/h4-8H2,1-3H3,(H,13,14). The highest BCUT2D eigenvalue weighted by Gasteiger charge is 2.39. The molecule has 0 aromatic heterocycles. The number of likely N-dealkylation sites (N-methyl/N-ethyl adjacent to an activating group) is 1. The molecule has 0 aromatic carbocycles. The van der Waals surface area contributed by atoms with Crippen LogP contribution in [-0.2, 0) is 9.53 Å². The molecule has 1 saturated heterocycles. The summed E-state index contributed by atoms with van der Waals surface area (Å²) in [5.41, 5.74) is -0.259. The lowest BCUT2D eigenvalue weighted by atomic mass is 9.96. The zero-order valence-corrected chi connectivity index (χ0v) is 9.69. The van der Waals surface area contributed by atoms with Crippen LogP contribution in [0.4, 0.5) is 0 Å². The number of rotatable bonds is 6. The van der Waals surface area contributed by atoms with Crippen LogP contribution < -0.4 is 0 Å². The third-order valence-corrected chi connectivity index (χ3v) is 2.52. The average molecular weight is 216 g/mol. The van der Waals surface area contributed by atoms with Crippen LogP contribution in [0.1, 0.15) is 6.92 Å². The van der Waals surface area contributed by atoms with Gasteiger partial charge in [0.05, 0.1) is 5.60 Å². The molecule has 88 valence electrons. The molecule has 0 spiro atoms. The van der Waals surface area contributed by atoms with Gasteiger partial charge in [-0.1, -0.05) is 0 Å². The first-order valence-electron chi connectivity index (χ1n) is 5.14. The summed E-state index contributed by atoms with van der Waals surface area (Å²) in [6.45, 7) is 5.45. The second-order valence-corrected chi connectivity index (χ2v) is 4.65. The van der Waals surface area contributed by atoms with Crippen LogP contribution >= 0.6 is 0 Å². The summed E-state index contributed by atoms with van der Waals surface area (Å²) in [5, 5.41) is 8.49. The van der Waals surface area contributed by atoms with E-state index in [0.29, 0.717) is 0 Å². The summed E-state index contributed by atoms with van der Waals surface area (Å²) >= 11 is 0. The van der Waals surface area contributed by atoms with Crippen molar-refractivity contribution in [2.75, 3.05) is 46.9 Å². The van der Waals surface area contributed by atoms with Gasteiger partial charge in [-0.3, -0.25) is 4.90 Å². The van der Waals surface area contributed by atoms with Crippen LogP contribution in [0.25, 0.3) is 0 Å². The molecule has 0 bridgehead atoms. The first-order valence-corrected chi connectivity index (χ1v) is 5.14. The minimum atomic E-state index is -0.900.